The van der Waals surface area contributed by atoms with E-state index in [1.54, 1.807) is 18.2 Å². The smallest absolute Gasteiger partial charge is 0.261 e. The molecule has 5 heteroatoms. The van der Waals surface area contributed by atoms with Crippen LogP contribution < -0.4 is 9.47 Å². The van der Waals surface area contributed by atoms with Crippen LogP contribution in [-0.4, -0.2) is 36.3 Å². The molecule has 1 unspecified atom stereocenters. The van der Waals surface area contributed by atoms with E-state index in [4.69, 9.17) is 9.47 Å². The molecule has 1 aliphatic carbocycles. The molecule has 1 fully saturated rings. The third-order valence-electron chi connectivity index (χ3n) is 5.23. The summed E-state index contributed by atoms with van der Waals surface area (Å²) in [5.41, 5.74) is 1.65. The molecule has 1 amide bonds. The van der Waals surface area contributed by atoms with Gasteiger partial charge in [0.05, 0.1) is 7.11 Å². The Morgan fingerprint density at radius 2 is 1.82 bits per heavy atom. The van der Waals surface area contributed by atoms with Gasteiger partial charge in [-0.05, 0) is 56.4 Å². The number of ether oxygens (including phenoxy) is 2. The molecular weight excluding hydrogens is 354 g/mol. The molecule has 28 heavy (non-hydrogen) atoms. The summed E-state index contributed by atoms with van der Waals surface area (Å²) in [6.45, 7) is 4.11. The minimum atomic E-state index is -0.0698. The Morgan fingerprint density at radius 3 is 2.43 bits per heavy atom. The number of carbonyl (C=O) groups excluding carboxylic acids is 2. The molecule has 0 heterocycles. The second kappa shape index (κ2) is 8.91. The predicted octanol–water partition coefficient (Wildman–Crippen LogP) is 4.10. The Morgan fingerprint density at radius 1 is 1.11 bits per heavy atom. The Balaban J connectivity index is 1.70. The van der Waals surface area contributed by atoms with Crippen molar-refractivity contribution < 1.29 is 19.1 Å². The number of rotatable bonds is 9. The highest BCUT2D eigenvalue weighted by atomic mass is 16.5. The maximum absolute atomic E-state index is 13.0. The highest BCUT2D eigenvalue weighted by Gasteiger charge is 2.34. The first kappa shape index (κ1) is 19.9. The quantitative estimate of drug-likeness (QED) is 0.614. The largest absolute Gasteiger partial charge is 0.493 e. The standard InChI is InChI=1S/C23H27NO4/c1-16(19-9-10-19)24(14-18-7-5-4-6-8-18)23(26)15-28-21-12-11-20(17(2)25)13-22(21)27-3/h4-8,11-13,16,19H,9-10,14-15H2,1-3H3. The lowest BCUT2D eigenvalue weighted by atomic mass is 10.1. The number of amides is 1. The van der Waals surface area contributed by atoms with Crippen molar-refractivity contribution in [3.8, 4) is 11.5 Å². The molecular formula is C23H27NO4. The third kappa shape index (κ3) is 4.91. The van der Waals surface area contributed by atoms with E-state index < -0.39 is 0 Å². The van der Waals surface area contributed by atoms with E-state index in [1.165, 1.54) is 26.9 Å². The molecule has 0 radical (unpaired) electrons. The maximum Gasteiger partial charge on any atom is 0.261 e. The first-order valence-electron chi connectivity index (χ1n) is 9.64. The first-order valence-corrected chi connectivity index (χ1v) is 9.64. The van der Waals surface area contributed by atoms with E-state index in [2.05, 4.69) is 6.92 Å². The minimum absolute atomic E-state index is 0.0479. The summed E-state index contributed by atoms with van der Waals surface area (Å²) in [5, 5.41) is 0. The molecule has 3 rings (SSSR count). The van der Waals surface area contributed by atoms with E-state index in [-0.39, 0.29) is 24.3 Å². The molecule has 148 valence electrons. The van der Waals surface area contributed by atoms with Crippen molar-refractivity contribution >= 4 is 11.7 Å². The summed E-state index contributed by atoms with van der Waals surface area (Å²) in [4.78, 5) is 26.4. The molecule has 0 bridgehead atoms. The summed E-state index contributed by atoms with van der Waals surface area (Å²) >= 11 is 0. The summed E-state index contributed by atoms with van der Waals surface area (Å²) in [7, 11) is 1.52. The van der Waals surface area contributed by atoms with Gasteiger partial charge in [0.1, 0.15) is 0 Å². The topological polar surface area (TPSA) is 55.8 Å². The van der Waals surface area contributed by atoms with Gasteiger partial charge in [-0.3, -0.25) is 9.59 Å². The van der Waals surface area contributed by atoms with Crippen LogP contribution in [0.1, 0.15) is 42.6 Å². The van der Waals surface area contributed by atoms with Crippen LogP contribution in [0.3, 0.4) is 0 Å². The number of ketones is 1. The Bertz CT molecular complexity index is 830. The summed E-state index contributed by atoms with van der Waals surface area (Å²) in [6.07, 6.45) is 2.34. The van der Waals surface area contributed by atoms with Crippen LogP contribution in [0.2, 0.25) is 0 Å². The molecule has 1 saturated carbocycles. The minimum Gasteiger partial charge on any atom is -0.493 e. The predicted molar refractivity (Wildman–Crippen MR) is 108 cm³/mol. The number of methoxy groups -OCH3 is 1. The second-order valence-corrected chi connectivity index (χ2v) is 7.30. The Kier molecular flexibility index (Phi) is 6.34. The fraction of sp³-hybridized carbons (Fsp3) is 0.391. The summed E-state index contributed by atoms with van der Waals surface area (Å²) in [6, 6.07) is 15.2. The van der Waals surface area contributed by atoms with E-state index >= 15 is 0 Å². The van der Waals surface area contributed by atoms with Gasteiger partial charge in [0.2, 0.25) is 0 Å². The zero-order valence-corrected chi connectivity index (χ0v) is 16.7. The zero-order valence-electron chi connectivity index (χ0n) is 16.7. The van der Waals surface area contributed by atoms with Gasteiger partial charge in [-0.25, -0.2) is 0 Å². The average molecular weight is 381 g/mol. The maximum atomic E-state index is 13.0. The van der Waals surface area contributed by atoms with Gasteiger partial charge in [-0.15, -0.1) is 0 Å². The number of benzene rings is 2. The number of nitrogens with zero attached hydrogens (tertiary/aromatic N) is 1. The van der Waals surface area contributed by atoms with Crippen molar-refractivity contribution in [2.24, 2.45) is 5.92 Å². The van der Waals surface area contributed by atoms with Crippen LogP contribution in [0.15, 0.2) is 48.5 Å². The second-order valence-electron chi connectivity index (χ2n) is 7.30. The van der Waals surface area contributed by atoms with Crippen LogP contribution in [-0.2, 0) is 11.3 Å². The lowest BCUT2D eigenvalue weighted by molar-refractivity contribution is -0.136. The Hall–Kier alpha value is -2.82. The summed E-state index contributed by atoms with van der Waals surface area (Å²) < 4.78 is 11.1. The van der Waals surface area contributed by atoms with Crippen molar-refractivity contribution in [1.82, 2.24) is 4.90 Å². The highest BCUT2D eigenvalue weighted by Crippen LogP contribution is 2.36. The SMILES string of the molecule is COc1cc(C(C)=O)ccc1OCC(=O)N(Cc1ccccc1)C(C)C1CC1. The third-order valence-corrected chi connectivity index (χ3v) is 5.23. The highest BCUT2D eigenvalue weighted by molar-refractivity contribution is 5.94. The van der Waals surface area contributed by atoms with Gasteiger partial charge in [-0.2, -0.15) is 0 Å². The normalized spacial score (nSPS) is 14.2. The summed E-state index contributed by atoms with van der Waals surface area (Å²) in [5.74, 6) is 1.37. The lowest BCUT2D eigenvalue weighted by Crippen LogP contribution is -2.42. The van der Waals surface area contributed by atoms with Crippen molar-refractivity contribution in [3.63, 3.8) is 0 Å². The van der Waals surface area contributed by atoms with Gasteiger partial charge >= 0.3 is 0 Å². The van der Waals surface area contributed by atoms with E-state index in [0.717, 1.165) is 5.56 Å². The molecule has 2 aromatic rings. The van der Waals surface area contributed by atoms with Crippen molar-refractivity contribution in [1.29, 1.82) is 0 Å². The molecule has 1 atom stereocenters. The monoisotopic (exact) mass is 381 g/mol. The zero-order chi connectivity index (χ0) is 20.1. The number of hydrogen-bond donors (Lipinski definition) is 0. The molecule has 1 aliphatic rings. The van der Waals surface area contributed by atoms with Gasteiger partial charge < -0.3 is 14.4 Å². The van der Waals surface area contributed by atoms with Crippen LogP contribution in [0.4, 0.5) is 0 Å². The molecule has 0 saturated heterocycles. The fourth-order valence-corrected chi connectivity index (χ4v) is 3.30. The Labute approximate surface area is 166 Å². The van der Waals surface area contributed by atoms with E-state index in [9.17, 15) is 9.59 Å². The number of carbonyl (C=O) groups is 2. The van der Waals surface area contributed by atoms with Gasteiger partial charge in [0.25, 0.3) is 5.91 Å². The van der Waals surface area contributed by atoms with E-state index in [1.807, 2.05) is 35.2 Å². The fourth-order valence-electron chi connectivity index (χ4n) is 3.30. The van der Waals surface area contributed by atoms with Gasteiger partial charge in [0.15, 0.2) is 23.9 Å². The van der Waals surface area contributed by atoms with E-state index in [0.29, 0.717) is 29.5 Å². The number of hydrogen-bond acceptors (Lipinski definition) is 4. The van der Waals surface area contributed by atoms with Crippen molar-refractivity contribution in [2.45, 2.75) is 39.3 Å². The molecule has 0 spiro atoms. The average Bonchev–Trinajstić information content (AvgIpc) is 3.55. The first-order chi connectivity index (χ1) is 13.5. The molecule has 0 aliphatic heterocycles. The van der Waals surface area contributed by atoms with Crippen LogP contribution in [0, 0.1) is 5.92 Å². The number of Topliss-reactive ketones (excluding diaryl/α,β-unsaturated/α-hetero) is 1. The molecule has 2 aromatic carbocycles. The van der Waals surface area contributed by atoms with Gasteiger partial charge in [0, 0.05) is 18.2 Å². The lowest BCUT2D eigenvalue weighted by Gasteiger charge is -2.29. The molecule has 0 N–H and O–H groups in total. The van der Waals surface area contributed by atoms with Crippen molar-refractivity contribution in [2.75, 3.05) is 13.7 Å². The molecule has 5 nitrogen and oxygen atoms in total. The van der Waals surface area contributed by atoms with Gasteiger partial charge in [-0.1, -0.05) is 30.3 Å². The van der Waals surface area contributed by atoms with Crippen molar-refractivity contribution in [3.05, 3.63) is 59.7 Å². The van der Waals surface area contributed by atoms with Crippen LogP contribution in [0.25, 0.3) is 0 Å². The van der Waals surface area contributed by atoms with Crippen LogP contribution >= 0.6 is 0 Å². The van der Waals surface area contributed by atoms with Crippen LogP contribution in [0.5, 0.6) is 11.5 Å². The molecule has 0 aromatic heterocycles.